The maximum Gasteiger partial charge on any atom is 0.418 e. The number of hydrogen-bond acceptors (Lipinski definition) is 4. The largest absolute Gasteiger partial charge is 0.493 e. The van der Waals surface area contributed by atoms with Gasteiger partial charge in [0.15, 0.2) is 0 Å². The molecule has 2 aromatic carbocycles. The van der Waals surface area contributed by atoms with E-state index in [9.17, 15) is 21.6 Å². The summed E-state index contributed by atoms with van der Waals surface area (Å²) in [4.78, 5) is -0.128. The quantitative estimate of drug-likeness (QED) is 0.880. The highest BCUT2D eigenvalue weighted by Crippen LogP contribution is 2.44. The number of para-hydroxylation sites is 1. The number of sulfonamides is 1. The van der Waals surface area contributed by atoms with Crippen LogP contribution in [0.15, 0.2) is 35.2 Å². The fourth-order valence-electron chi connectivity index (χ4n) is 3.24. The molecule has 0 saturated carbocycles. The number of halogens is 3. The first-order valence-electron chi connectivity index (χ1n) is 7.91. The predicted octanol–water partition coefficient (Wildman–Crippen LogP) is 3.38. The zero-order valence-corrected chi connectivity index (χ0v) is 14.2. The van der Waals surface area contributed by atoms with Crippen LogP contribution in [0.3, 0.4) is 0 Å². The van der Waals surface area contributed by atoms with Gasteiger partial charge in [0, 0.05) is 24.0 Å². The molecule has 4 rings (SSSR count). The van der Waals surface area contributed by atoms with Crippen molar-refractivity contribution in [2.24, 2.45) is 0 Å². The summed E-state index contributed by atoms with van der Waals surface area (Å²) in [5.74, 6) is 0.643. The van der Waals surface area contributed by atoms with Gasteiger partial charge in [-0.1, -0.05) is 12.1 Å². The highest BCUT2D eigenvalue weighted by molar-refractivity contribution is 7.92. The number of alkyl halides is 3. The van der Waals surface area contributed by atoms with E-state index in [-0.39, 0.29) is 10.6 Å². The molecule has 0 unspecified atom stereocenters. The standard InChI is InChI=1S/C17H14F3NO4S/c18-17(19,20)12-3-1-2-4-13(12)21-26(22,23)16-11-6-8-24-14(11)9-10-5-7-25-15(10)16/h1-4,9,21H,5-8H2. The minimum absolute atomic E-state index is 0.128. The van der Waals surface area contributed by atoms with Crippen molar-refractivity contribution in [3.8, 4) is 11.5 Å². The second-order valence-corrected chi connectivity index (χ2v) is 7.64. The number of hydrogen-bond donors (Lipinski definition) is 1. The van der Waals surface area contributed by atoms with Gasteiger partial charge in [-0.25, -0.2) is 8.42 Å². The molecule has 0 aromatic heterocycles. The van der Waals surface area contributed by atoms with Crippen LogP contribution in [0.5, 0.6) is 11.5 Å². The Morgan fingerprint density at radius 1 is 1.04 bits per heavy atom. The van der Waals surface area contributed by atoms with E-state index in [0.29, 0.717) is 42.9 Å². The molecule has 2 aliphatic heterocycles. The summed E-state index contributed by atoms with van der Waals surface area (Å²) in [7, 11) is -4.30. The Bertz CT molecular complexity index is 954. The third-order valence-corrected chi connectivity index (χ3v) is 5.81. The molecule has 138 valence electrons. The zero-order chi connectivity index (χ0) is 18.5. The van der Waals surface area contributed by atoms with Crippen LogP contribution in [0, 0.1) is 0 Å². The number of anilines is 1. The summed E-state index contributed by atoms with van der Waals surface area (Å²) in [6.45, 7) is 0.639. The van der Waals surface area contributed by atoms with E-state index in [1.807, 2.05) is 0 Å². The minimum atomic E-state index is -4.68. The number of nitrogens with one attached hydrogen (secondary N) is 1. The summed E-state index contributed by atoms with van der Waals surface area (Å²) < 4.78 is 78.6. The van der Waals surface area contributed by atoms with Crippen LogP contribution in [0.4, 0.5) is 18.9 Å². The number of benzene rings is 2. The van der Waals surface area contributed by atoms with E-state index in [1.54, 1.807) is 6.07 Å². The van der Waals surface area contributed by atoms with Gasteiger partial charge in [0.1, 0.15) is 16.4 Å². The van der Waals surface area contributed by atoms with Crippen LogP contribution in [0.25, 0.3) is 0 Å². The SMILES string of the molecule is O=S(=O)(Nc1ccccc1C(F)(F)F)c1c2c(cc3c1OCC3)OCC2. The molecule has 0 spiro atoms. The van der Waals surface area contributed by atoms with Crippen molar-refractivity contribution in [2.45, 2.75) is 23.9 Å². The van der Waals surface area contributed by atoms with Gasteiger partial charge in [0.05, 0.1) is 24.5 Å². The third kappa shape index (κ3) is 2.76. The molecular formula is C17H14F3NO4S. The Hall–Kier alpha value is -2.42. The van der Waals surface area contributed by atoms with Gasteiger partial charge in [-0.05, 0) is 18.2 Å². The first-order valence-corrected chi connectivity index (χ1v) is 9.39. The van der Waals surface area contributed by atoms with Gasteiger partial charge in [-0.2, -0.15) is 13.2 Å². The highest BCUT2D eigenvalue weighted by Gasteiger charge is 2.37. The molecule has 0 aliphatic carbocycles. The fraction of sp³-hybridized carbons (Fsp3) is 0.294. The number of ether oxygens (including phenoxy) is 2. The normalized spacial score (nSPS) is 15.8. The monoisotopic (exact) mass is 385 g/mol. The molecule has 26 heavy (non-hydrogen) atoms. The lowest BCUT2D eigenvalue weighted by molar-refractivity contribution is -0.136. The van der Waals surface area contributed by atoms with Crippen LogP contribution in [0.1, 0.15) is 16.7 Å². The number of fused-ring (bicyclic) bond motifs is 2. The van der Waals surface area contributed by atoms with E-state index >= 15 is 0 Å². The van der Waals surface area contributed by atoms with Crippen LogP contribution in [-0.4, -0.2) is 21.6 Å². The van der Waals surface area contributed by atoms with Gasteiger partial charge in [0.2, 0.25) is 0 Å². The van der Waals surface area contributed by atoms with Gasteiger partial charge < -0.3 is 9.47 Å². The van der Waals surface area contributed by atoms with Gasteiger partial charge in [0.25, 0.3) is 10.0 Å². The molecule has 5 nitrogen and oxygen atoms in total. The molecular weight excluding hydrogens is 371 g/mol. The van der Waals surface area contributed by atoms with Crippen LogP contribution in [0.2, 0.25) is 0 Å². The Labute approximate surface area is 147 Å². The van der Waals surface area contributed by atoms with E-state index in [1.165, 1.54) is 12.1 Å². The molecule has 2 heterocycles. The molecule has 0 bridgehead atoms. The summed E-state index contributed by atoms with van der Waals surface area (Å²) in [6, 6.07) is 6.20. The van der Waals surface area contributed by atoms with Crippen molar-refractivity contribution in [1.29, 1.82) is 0 Å². The first-order chi connectivity index (χ1) is 12.3. The smallest absolute Gasteiger partial charge is 0.418 e. The van der Waals surface area contributed by atoms with Crippen LogP contribution < -0.4 is 14.2 Å². The van der Waals surface area contributed by atoms with E-state index in [4.69, 9.17) is 9.47 Å². The summed E-state index contributed by atoms with van der Waals surface area (Å²) >= 11 is 0. The molecule has 1 N–H and O–H groups in total. The van der Waals surface area contributed by atoms with Crippen molar-refractivity contribution < 1.29 is 31.1 Å². The fourth-order valence-corrected chi connectivity index (χ4v) is 4.77. The molecule has 0 amide bonds. The van der Waals surface area contributed by atoms with Crippen molar-refractivity contribution in [3.05, 3.63) is 47.0 Å². The second-order valence-electron chi connectivity index (χ2n) is 6.02. The van der Waals surface area contributed by atoms with E-state index < -0.39 is 27.5 Å². The first kappa shape index (κ1) is 17.0. The van der Waals surface area contributed by atoms with Gasteiger partial charge in [-0.15, -0.1) is 0 Å². The molecule has 0 radical (unpaired) electrons. The van der Waals surface area contributed by atoms with Crippen molar-refractivity contribution in [3.63, 3.8) is 0 Å². The van der Waals surface area contributed by atoms with Crippen LogP contribution >= 0.6 is 0 Å². The lowest BCUT2D eigenvalue weighted by Gasteiger charge is -2.17. The second kappa shape index (κ2) is 5.80. The predicted molar refractivity (Wildman–Crippen MR) is 87.1 cm³/mol. The highest BCUT2D eigenvalue weighted by atomic mass is 32.2. The Morgan fingerprint density at radius 3 is 2.54 bits per heavy atom. The van der Waals surface area contributed by atoms with Gasteiger partial charge in [-0.3, -0.25) is 4.72 Å². The molecule has 0 fully saturated rings. The maximum absolute atomic E-state index is 13.2. The lowest BCUT2D eigenvalue weighted by atomic mass is 10.1. The topological polar surface area (TPSA) is 64.6 Å². The van der Waals surface area contributed by atoms with Gasteiger partial charge >= 0.3 is 6.18 Å². The van der Waals surface area contributed by atoms with E-state index in [2.05, 4.69) is 4.72 Å². The van der Waals surface area contributed by atoms with Crippen LogP contribution in [-0.2, 0) is 29.0 Å². The van der Waals surface area contributed by atoms with E-state index in [0.717, 1.165) is 12.1 Å². The average molecular weight is 385 g/mol. The molecule has 9 heteroatoms. The maximum atomic E-state index is 13.2. The summed E-state index contributed by atoms with van der Waals surface area (Å²) in [5, 5.41) is 0. The third-order valence-electron chi connectivity index (χ3n) is 4.35. The molecule has 0 saturated heterocycles. The molecule has 2 aromatic rings. The summed E-state index contributed by atoms with van der Waals surface area (Å²) in [6.07, 6.45) is -3.81. The molecule has 0 atom stereocenters. The Kier molecular flexibility index (Phi) is 3.80. The lowest BCUT2D eigenvalue weighted by Crippen LogP contribution is -2.19. The zero-order valence-electron chi connectivity index (χ0n) is 13.4. The minimum Gasteiger partial charge on any atom is -0.493 e. The van der Waals surface area contributed by atoms with Crippen molar-refractivity contribution in [1.82, 2.24) is 0 Å². The Morgan fingerprint density at radius 2 is 1.77 bits per heavy atom. The number of rotatable bonds is 3. The Balaban J connectivity index is 1.83. The van der Waals surface area contributed by atoms with Crippen molar-refractivity contribution in [2.75, 3.05) is 17.9 Å². The summed E-state index contributed by atoms with van der Waals surface area (Å²) in [5.41, 5.74) is -0.467. The average Bonchev–Trinajstić information content (AvgIpc) is 3.19. The van der Waals surface area contributed by atoms with Crippen molar-refractivity contribution >= 4 is 15.7 Å². The molecule has 2 aliphatic rings.